The molecule has 0 saturated heterocycles. The third-order valence-corrected chi connectivity index (χ3v) is 5.57. The van der Waals surface area contributed by atoms with Gasteiger partial charge in [-0.05, 0) is 49.4 Å². The van der Waals surface area contributed by atoms with E-state index in [1.165, 1.54) is 13.0 Å². The van der Waals surface area contributed by atoms with Crippen molar-refractivity contribution >= 4 is 5.91 Å². The molecule has 1 N–H and O–H groups in total. The summed E-state index contributed by atoms with van der Waals surface area (Å²) in [5, 5.41) is 6.97. The van der Waals surface area contributed by atoms with Crippen LogP contribution in [0.1, 0.15) is 50.1 Å². The Labute approximate surface area is 175 Å². The van der Waals surface area contributed by atoms with Gasteiger partial charge in [0.15, 0.2) is 5.76 Å². The van der Waals surface area contributed by atoms with Gasteiger partial charge in [-0.1, -0.05) is 35.5 Å². The summed E-state index contributed by atoms with van der Waals surface area (Å²) in [6, 6.07) is 16.0. The number of aromatic nitrogens is 1. The molecule has 2 aromatic carbocycles. The van der Waals surface area contributed by atoms with Crippen molar-refractivity contribution in [2.24, 2.45) is 5.92 Å². The normalized spacial score (nSPS) is 19.0. The van der Waals surface area contributed by atoms with E-state index >= 15 is 0 Å². The van der Waals surface area contributed by atoms with E-state index < -0.39 is 0 Å². The van der Waals surface area contributed by atoms with E-state index in [-0.39, 0.29) is 17.8 Å². The SMILES string of the molecule is CC(=O)N[C@@H](C)c1cc(C2CC(COc3ccc(-c4ccccc4F)cc3)C2)no1. The van der Waals surface area contributed by atoms with Crippen molar-refractivity contribution in [2.75, 3.05) is 6.61 Å². The highest BCUT2D eigenvalue weighted by Gasteiger charge is 2.33. The Balaban J connectivity index is 1.26. The second kappa shape index (κ2) is 8.69. The molecule has 1 fully saturated rings. The number of rotatable bonds is 7. The summed E-state index contributed by atoms with van der Waals surface area (Å²) in [6.45, 7) is 4.00. The second-order valence-electron chi connectivity index (χ2n) is 7.93. The summed E-state index contributed by atoms with van der Waals surface area (Å²) in [5.41, 5.74) is 2.36. The maximum Gasteiger partial charge on any atom is 0.217 e. The Hall–Kier alpha value is -3.15. The van der Waals surface area contributed by atoms with Gasteiger partial charge in [0.05, 0.1) is 18.3 Å². The van der Waals surface area contributed by atoms with Crippen molar-refractivity contribution in [1.82, 2.24) is 10.5 Å². The van der Waals surface area contributed by atoms with Crippen LogP contribution in [-0.2, 0) is 4.79 Å². The van der Waals surface area contributed by atoms with Crippen LogP contribution in [0.2, 0.25) is 0 Å². The van der Waals surface area contributed by atoms with Gasteiger partial charge in [-0.25, -0.2) is 4.39 Å². The molecule has 156 valence electrons. The molecule has 1 amide bonds. The summed E-state index contributed by atoms with van der Waals surface area (Å²) in [6.07, 6.45) is 1.99. The van der Waals surface area contributed by atoms with Gasteiger partial charge in [0.1, 0.15) is 11.6 Å². The monoisotopic (exact) mass is 408 g/mol. The molecule has 1 atom stereocenters. The Kier molecular flexibility index (Phi) is 5.84. The van der Waals surface area contributed by atoms with Crippen molar-refractivity contribution in [2.45, 2.75) is 38.6 Å². The topological polar surface area (TPSA) is 64.4 Å². The van der Waals surface area contributed by atoms with Gasteiger partial charge < -0.3 is 14.6 Å². The van der Waals surface area contributed by atoms with E-state index in [1.807, 2.05) is 43.3 Å². The van der Waals surface area contributed by atoms with E-state index in [4.69, 9.17) is 9.26 Å². The highest BCUT2D eigenvalue weighted by molar-refractivity contribution is 5.73. The zero-order valence-electron chi connectivity index (χ0n) is 17.1. The fourth-order valence-corrected chi connectivity index (χ4v) is 3.83. The summed E-state index contributed by atoms with van der Waals surface area (Å²) < 4.78 is 25.2. The summed E-state index contributed by atoms with van der Waals surface area (Å²) in [5.74, 6) is 1.97. The zero-order chi connectivity index (χ0) is 21.1. The minimum absolute atomic E-state index is 0.0942. The number of carbonyl (C=O) groups is 1. The Morgan fingerprint density at radius 3 is 2.67 bits per heavy atom. The third-order valence-electron chi connectivity index (χ3n) is 5.57. The van der Waals surface area contributed by atoms with Crippen molar-refractivity contribution in [3.63, 3.8) is 0 Å². The average molecular weight is 408 g/mol. The number of carbonyl (C=O) groups excluding carboxylic acids is 1. The number of nitrogens with zero attached hydrogens (tertiary/aromatic N) is 1. The first-order valence-corrected chi connectivity index (χ1v) is 10.2. The van der Waals surface area contributed by atoms with Crippen LogP contribution in [0, 0.1) is 11.7 Å². The molecule has 0 radical (unpaired) electrons. The first kappa shape index (κ1) is 20.1. The van der Waals surface area contributed by atoms with Crippen LogP contribution in [0.4, 0.5) is 4.39 Å². The van der Waals surface area contributed by atoms with E-state index in [0.29, 0.717) is 29.8 Å². The van der Waals surface area contributed by atoms with E-state index in [9.17, 15) is 9.18 Å². The summed E-state index contributed by atoms with van der Waals surface area (Å²) in [7, 11) is 0. The number of hydrogen-bond acceptors (Lipinski definition) is 4. The molecule has 1 aliphatic rings. The van der Waals surface area contributed by atoms with Gasteiger partial charge in [0, 0.05) is 24.5 Å². The lowest BCUT2D eigenvalue weighted by Gasteiger charge is -2.33. The summed E-state index contributed by atoms with van der Waals surface area (Å²) >= 11 is 0. The molecule has 1 aliphatic carbocycles. The highest BCUT2D eigenvalue weighted by atomic mass is 19.1. The van der Waals surface area contributed by atoms with Crippen LogP contribution in [0.3, 0.4) is 0 Å². The molecule has 0 unspecified atom stereocenters. The second-order valence-corrected chi connectivity index (χ2v) is 7.93. The van der Waals surface area contributed by atoms with Gasteiger partial charge in [-0.2, -0.15) is 0 Å². The molecule has 0 aliphatic heterocycles. The lowest BCUT2D eigenvalue weighted by molar-refractivity contribution is -0.119. The number of amides is 1. The fraction of sp³-hybridized carbons (Fsp3) is 0.333. The van der Waals surface area contributed by atoms with Crippen molar-refractivity contribution in [1.29, 1.82) is 0 Å². The summed E-state index contributed by atoms with van der Waals surface area (Å²) in [4.78, 5) is 11.2. The van der Waals surface area contributed by atoms with Crippen LogP contribution >= 0.6 is 0 Å². The number of nitrogens with one attached hydrogen (secondary N) is 1. The first-order valence-electron chi connectivity index (χ1n) is 10.2. The quantitative estimate of drug-likeness (QED) is 0.580. The number of benzene rings is 2. The molecular weight excluding hydrogens is 383 g/mol. The van der Waals surface area contributed by atoms with E-state index in [2.05, 4.69) is 10.5 Å². The molecule has 1 heterocycles. The minimum Gasteiger partial charge on any atom is -0.493 e. The fourth-order valence-electron chi connectivity index (χ4n) is 3.83. The highest BCUT2D eigenvalue weighted by Crippen LogP contribution is 2.41. The lowest BCUT2D eigenvalue weighted by atomic mass is 9.73. The zero-order valence-corrected chi connectivity index (χ0v) is 17.1. The van der Waals surface area contributed by atoms with Gasteiger partial charge in [0.2, 0.25) is 5.91 Å². The Morgan fingerprint density at radius 2 is 1.97 bits per heavy atom. The van der Waals surface area contributed by atoms with Crippen LogP contribution in [0.15, 0.2) is 59.1 Å². The van der Waals surface area contributed by atoms with Gasteiger partial charge in [-0.3, -0.25) is 4.79 Å². The van der Waals surface area contributed by atoms with E-state index in [0.717, 1.165) is 29.8 Å². The van der Waals surface area contributed by atoms with Gasteiger partial charge in [0.25, 0.3) is 0 Å². The molecule has 3 aromatic rings. The van der Waals surface area contributed by atoms with Gasteiger partial charge in [-0.15, -0.1) is 0 Å². The lowest BCUT2D eigenvalue weighted by Crippen LogP contribution is -2.27. The Morgan fingerprint density at radius 1 is 1.23 bits per heavy atom. The van der Waals surface area contributed by atoms with E-state index in [1.54, 1.807) is 12.1 Å². The minimum atomic E-state index is -0.228. The molecule has 30 heavy (non-hydrogen) atoms. The molecule has 6 heteroatoms. The molecular formula is C24H25FN2O3. The third kappa shape index (κ3) is 4.53. The molecule has 5 nitrogen and oxygen atoms in total. The largest absolute Gasteiger partial charge is 0.493 e. The van der Waals surface area contributed by atoms with Crippen molar-refractivity contribution in [3.8, 4) is 16.9 Å². The maximum atomic E-state index is 13.9. The standard InChI is InChI=1S/C24H25FN2O3/c1-15(26-16(2)28)24-13-23(27-30-24)19-11-17(12-19)14-29-20-9-7-18(8-10-20)21-5-3-4-6-22(21)25/h3-10,13,15,17,19H,11-12,14H2,1-2H3,(H,26,28)/t15-,17?,19?/m0/s1. The van der Waals surface area contributed by atoms with Gasteiger partial charge >= 0.3 is 0 Å². The first-order chi connectivity index (χ1) is 14.5. The average Bonchev–Trinajstić information content (AvgIpc) is 3.17. The number of hydrogen-bond donors (Lipinski definition) is 1. The van der Waals surface area contributed by atoms with Crippen molar-refractivity contribution < 1.29 is 18.4 Å². The maximum absolute atomic E-state index is 13.9. The predicted molar refractivity (Wildman–Crippen MR) is 112 cm³/mol. The number of ether oxygens (including phenoxy) is 1. The van der Waals surface area contributed by atoms with Crippen molar-refractivity contribution in [3.05, 3.63) is 71.9 Å². The molecule has 1 saturated carbocycles. The molecule has 0 spiro atoms. The predicted octanol–water partition coefficient (Wildman–Crippen LogP) is 5.25. The van der Waals surface area contributed by atoms with Crippen LogP contribution in [0.5, 0.6) is 5.75 Å². The molecule has 1 aromatic heterocycles. The van der Waals surface area contributed by atoms with Crippen LogP contribution in [0.25, 0.3) is 11.1 Å². The molecule has 4 rings (SSSR count). The smallest absolute Gasteiger partial charge is 0.217 e. The Bertz CT molecular complexity index is 1010. The van der Waals surface area contributed by atoms with Crippen LogP contribution < -0.4 is 10.1 Å². The number of halogens is 1. The van der Waals surface area contributed by atoms with Crippen LogP contribution in [-0.4, -0.2) is 17.7 Å². The molecule has 0 bridgehead atoms.